The zero-order valence-corrected chi connectivity index (χ0v) is 15.0. The molecule has 3 rings (SSSR count). The van der Waals surface area contributed by atoms with E-state index in [1.807, 2.05) is 38.1 Å². The van der Waals surface area contributed by atoms with Gasteiger partial charge in [0.2, 0.25) is 0 Å². The zero-order valence-electron chi connectivity index (χ0n) is 15.0. The molecule has 1 aromatic rings. The van der Waals surface area contributed by atoms with Crippen LogP contribution in [-0.2, 0) is 9.47 Å². The second-order valence-electron chi connectivity index (χ2n) is 6.99. The van der Waals surface area contributed by atoms with Crippen LogP contribution >= 0.6 is 0 Å². The molecule has 4 heteroatoms. The monoisotopic (exact) mass is 334 g/mol. The van der Waals surface area contributed by atoms with E-state index < -0.39 is 0 Å². The molecular formula is C20H30O4. The van der Waals surface area contributed by atoms with Gasteiger partial charge in [-0.05, 0) is 64.5 Å². The summed E-state index contributed by atoms with van der Waals surface area (Å²) in [6, 6.07) is 7.91. The highest BCUT2D eigenvalue weighted by molar-refractivity contribution is 5.33. The smallest absolute Gasteiger partial charge is 0.123 e. The van der Waals surface area contributed by atoms with Crippen molar-refractivity contribution >= 4 is 0 Å². The van der Waals surface area contributed by atoms with Crippen LogP contribution in [-0.4, -0.2) is 37.6 Å². The predicted octanol–water partition coefficient (Wildman–Crippen LogP) is 4.36. The van der Waals surface area contributed by atoms with Gasteiger partial charge in [-0.3, -0.25) is 0 Å². The van der Waals surface area contributed by atoms with Gasteiger partial charge in [-0.25, -0.2) is 0 Å². The molecule has 0 radical (unpaired) electrons. The van der Waals surface area contributed by atoms with Gasteiger partial charge in [0.05, 0.1) is 0 Å². The maximum absolute atomic E-state index is 5.99. The van der Waals surface area contributed by atoms with Crippen LogP contribution in [0.3, 0.4) is 0 Å². The first-order chi connectivity index (χ1) is 11.7. The molecule has 2 fully saturated rings. The molecule has 2 aliphatic carbocycles. The number of ether oxygens (including phenoxy) is 4. The van der Waals surface area contributed by atoms with E-state index in [1.54, 1.807) is 0 Å². The van der Waals surface area contributed by atoms with Crippen LogP contribution in [0, 0.1) is 0 Å². The Morgan fingerprint density at radius 1 is 0.792 bits per heavy atom. The number of hydrogen-bond donors (Lipinski definition) is 0. The second-order valence-corrected chi connectivity index (χ2v) is 6.99. The van der Waals surface area contributed by atoms with Gasteiger partial charge in [0.1, 0.15) is 35.9 Å². The predicted molar refractivity (Wildman–Crippen MR) is 93.8 cm³/mol. The summed E-state index contributed by atoms with van der Waals surface area (Å²) in [5.74, 6) is 1.69. The molecule has 2 saturated carbocycles. The van der Waals surface area contributed by atoms with Crippen molar-refractivity contribution in [3.05, 3.63) is 24.3 Å². The van der Waals surface area contributed by atoms with E-state index in [9.17, 15) is 0 Å². The van der Waals surface area contributed by atoms with E-state index in [0.717, 1.165) is 50.4 Å². The van der Waals surface area contributed by atoms with Crippen molar-refractivity contribution in [1.82, 2.24) is 0 Å². The molecule has 0 aromatic heterocycles. The molecule has 0 N–H and O–H groups in total. The van der Waals surface area contributed by atoms with Crippen LogP contribution in [0.4, 0.5) is 0 Å². The van der Waals surface area contributed by atoms with E-state index in [1.165, 1.54) is 12.8 Å². The van der Waals surface area contributed by atoms with Crippen molar-refractivity contribution in [3.8, 4) is 11.5 Å². The Morgan fingerprint density at radius 2 is 1.25 bits per heavy atom. The summed E-state index contributed by atoms with van der Waals surface area (Å²) in [7, 11) is 0. The van der Waals surface area contributed by atoms with Crippen LogP contribution < -0.4 is 9.47 Å². The lowest BCUT2D eigenvalue weighted by molar-refractivity contribution is -0.119. The highest BCUT2D eigenvalue weighted by Crippen LogP contribution is 2.37. The molecule has 134 valence electrons. The lowest BCUT2D eigenvalue weighted by Crippen LogP contribution is -2.45. The number of rotatable bonds is 10. The summed E-state index contributed by atoms with van der Waals surface area (Å²) in [5.41, 5.74) is -0.146. The third kappa shape index (κ3) is 4.04. The quantitative estimate of drug-likeness (QED) is 0.637. The van der Waals surface area contributed by atoms with Gasteiger partial charge in [-0.2, -0.15) is 0 Å². The van der Waals surface area contributed by atoms with Crippen LogP contribution in [0.25, 0.3) is 0 Å². The second kappa shape index (κ2) is 7.75. The highest BCUT2D eigenvalue weighted by Gasteiger charge is 2.39. The number of benzene rings is 1. The Morgan fingerprint density at radius 3 is 1.58 bits per heavy atom. The van der Waals surface area contributed by atoms with Gasteiger partial charge in [0, 0.05) is 19.3 Å². The largest absolute Gasteiger partial charge is 0.490 e. The minimum atomic E-state index is -0.0729. The Balaban J connectivity index is 1.52. The fourth-order valence-electron chi connectivity index (χ4n) is 3.50. The SMILES string of the molecule is CCOC1(COc2cccc(OCC3(OCC)CCC3)c2)CCC1. The first-order valence-electron chi connectivity index (χ1n) is 9.33. The summed E-state index contributed by atoms with van der Waals surface area (Å²) in [5, 5.41) is 0. The Labute approximate surface area is 145 Å². The molecule has 1 aromatic carbocycles. The lowest BCUT2D eigenvalue weighted by atomic mass is 9.80. The van der Waals surface area contributed by atoms with Crippen molar-refractivity contribution < 1.29 is 18.9 Å². The zero-order chi connectivity index (χ0) is 16.9. The summed E-state index contributed by atoms with van der Waals surface area (Å²) in [4.78, 5) is 0. The molecule has 0 amide bonds. The molecule has 4 nitrogen and oxygen atoms in total. The third-order valence-electron chi connectivity index (χ3n) is 5.24. The lowest BCUT2D eigenvalue weighted by Gasteiger charge is -2.41. The maximum atomic E-state index is 5.99. The van der Waals surface area contributed by atoms with Gasteiger partial charge in [0.25, 0.3) is 0 Å². The first kappa shape index (κ1) is 17.6. The molecule has 0 spiro atoms. The minimum absolute atomic E-state index is 0.0729. The third-order valence-corrected chi connectivity index (χ3v) is 5.24. The van der Waals surface area contributed by atoms with Crippen molar-refractivity contribution in [2.24, 2.45) is 0 Å². The van der Waals surface area contributed by atoms with Crippen LogP contribution in [0.2, 0.25) is 0 Å². The maximum Gasteiger partial charge on any atom is 0.123 e. The van der Waals surface area contributed by atoms with E-state index in [4.69, 9.17) is 18.9 Å². The molecule has 2 aliphatic rings. The topological polar surface area (TPSA) is 36.9 Å². The molecule has 0 bridgehead atoms. The summed E-state index contributed by atoms with van der Waals surface area (Å²) in [6.07, 6.45) is 6.82. The van der Waals surface area contributed by atoms with E-state index in [0.29, 0.717) is 13.2 Å². The number of hydrogen-bond acceptors (Lipinski definition) is 4. The van der Waals surface area contributed by atoms with Crippen molar-refractivity contribution in [2.75, 3.05) is 26.4 Å². The minimum Gasteiger partial charge on any atom is -0.490 e. The summed E-state index contributed by atoms with van der Waals surface area (Å²) >= 11 is 0. The Bertz CT molecular complexity index is 477. The fourth-order valence-corrected chi connectivity index (χ4v) is 3.50. The molecule has 0 atom stereocenters. The molecule has 0 saturated heterocycles. The van der Waals surface area contributed by atoms with E-state index in [2.05, 4.69) is 0 Å². The average Bonchev–Trinajstić information content (AvgIpc) is 2.53. The van der Waals surface area contributed by atoms with Gasteiger partial charge >= 0.3 is 0 Å². The van der Waals surface area contributed by atoms with Crippen LogP contribution in [0.1, 0.15) is 52.4 Å². The average molecular weight is 334 g/mol. The molecule has 24 heavy (non-hydrogen) atoms. The van der Waals surface area contributed by atoms with Crippen LogP contribution in [0.15, 0.2) is 24.3 Å². The highest BCUT2D eigenvalue weighted by atomic mass is 16.6. The van der Waals surface area contributed by atoms with E-state index >= 15 is 0 Å². The molecule has 0 aliphatic heterocycles. The fraction of sp³-hybridized carbons (Fsp3) is 0.700. The Hall–Kier alpha value is -1.26. The van der Waals surface area contributed by atoms with Gasteiger partial charge in [-0.1, -0.05) is 6.07 Å². The summed E-state index contributed by atoms with van der Waals surface area (Å²) in [6.45, 7) is 6.81. The van der Waals surface area contributed by atoms with Crippen molar-refractivity contribution in [2.45, 2.75) is 63.6 Å². The summed E-state index contributed by atoms with van der Waals surface area (Å²) < 4.78 is 23.8. The molecule has 0 unspecified atom stereocenters. The molecular weight excluding hydrogens is 304 g/mol. The van der Waals surface area contributed by atoms with Gasteiger partial charge in [0.15, 0.2) is 0 Å². The molecule has 0 heterocycles. The standard InChI is InChI=1S/C20H30O4/c1-3-23-19(10-6-11-19)15-21-17-8-5-9-18(14-17)22-16-20(24-4-2)12-7-13-20/h5,8-9,14H,3-4,6-7,10-13,15-16H2,1-2H3. The van der Waals surface area contributed by atoms with Crippen molar-refractivity contribution in [1.29, 1.82) is 0 Å². The van der Waals surface area contributed by atoms with Crippen LogP contribution in [0.5, 0.6) is 11.5 Å². The van der Waals surface area contributed by atoms with Gasteiger partial charge in [-0.15, -0.1) is 0 Å². The normalized spacial score (nSPS) is 20.8. The van der Waals surface area contributed by atoms with Gasteiger partial charge < -0.3 is 18.9 Å². The first-order valence-corrected chi connectivity index (χ1v) is 9.33. The van der Waals surface area contributed by atoms with E-state index in [-0.39, 0.29) is 11.2 Å². The van der Waals surface area contributed by atoms with Crippen molar-refractivity contribution in [3.63, 3.8) is 0 Å². The Kier molecular flexibility index (Phi) is 5.67.